The highest BCUT2D eigenvalue weighted by Gasteiger charge is 2.20. The second-order valence-corrected chi connectivity index (χ2v) is 5.57. The first-order chi connectivity index (χ1) is 9.78. The van der Waals surface area contributed by atoms with Gasteiger partial charge in [0.1, 0.15) is 0 Å². The van der Waals surface area contributed by atoms with Crippen LogP contribution in [-0.2, 0) is 17.7 Å². The molecule has 0 saturated heterocycles. The summed E-state index contributed by atoms with van der Waals surface area (Å²) in [6, 6.07) is 6.01. The van der Waals surface area contributed by atoms with E-state index in [2.05, 4.69) is 9.88 Å². The lowest BCUT2D eigenvalue weighted by Gasteiger charge is -2.26. The van der Waals surface area contributed by atoms with Gasteiger partial charge in [-0.1, -0.05) is 11.6 Å². The predicted octanol–water partition coefficient (Wildman–Crippen LogP) is 2.19. The van der Waals surface area contributed by atoms with Crippen molar-refractivity contribution in [2.24, 2.45) is 0 Å². The van der Waals surface area contributed by atoms with Gasteiger partial charge in [-0.15, -0.1) is 0 Å². The smallest absolute Gasteiger partial charge is 0.0698 e. The van der Waals surface area contributed by atoms with E-state index in [-0.39, 0.29) is 6.61 Å². The van der Waals surface area contributed by atoms with Gasteiger partial charge in [0.25, 0.3) is 0 Å². The number of ether oxygens (including phenoxy) is 1. The van der Waals surface area contributed by atoms with Crippen molar-refractivity contribution in [1.29, 1.82) is 0 Å². The molecule has 3 rings (SSSR count). The van der Waals surface area contributed by atoms with Crippen LogP contribution in [0.5, 0.6) is 0 Å². The molecule has 0 spiro atoms. The van der Waals surface area contributed by atoms with Crippen LogP contribution in [0.15, 0.2) is 18.2 Å². The normalized spacial score (nSPS) is 15.7. The van der Waals surface area contributed by atoms with Crippen LogP contribution in [0, 0.1) is 0 Å². The number of aliphatic hydroxyl groups is 1. The third-order valence-corrected chi connectivity index (χ3v) is 4.04. The molecule has 0 bridgehead atoms. The van der Waals surface area contributed by atoms with E-state index in [0.29, 0.717) is 13.2 Å². The van der Waals surface area contributed by atoms with Crippen LogP contribution >= 0.6 is 11.6 Å². The molecule has 2 aromatic rings. The lowest BCUT2D eigenvalue weighted by molar-refractivity contribution is 0.0709. The van der Waals surface area contributed by atoms with Gasteiger partial charge in [0.15, 0.2) is 0 Å². The van der Waals surface area contributed by atoms with Crippen LogP contribution in [0.25, 0.3) is 10.9 Å². The molecule has 0 saturated carbocycles. The molecule has 5 heteroatoms. The molecule has 0 amide bonds. The summed E-state index contributed by atoms with van der Waals surface area (Å²) in [6.45, 7) is 4.03. The minimum absolute atomic E-state index is 0.0884. The highest BCUT2D eigenvalue weighted by molar-refractivity contribution is 6.31. The van der Waals surface area contributed by atoms with Crippen LogP contribution in [-0.4, -0.2) is 47.9 Å². The van der Waals surface area contributed by atoms with E-state index >= 15 is 0 Å². The maximum Gasteiger partial charge on any atom is 0.0698 e. The quantitative estimate of drug-likeness (QED) is 0.831. The molecular weight excluding hydrogens is 276 g/mol. The van der Waals surface area contributed by atoms with Crippen LogP contribution < -0.4 is 0 Å². The van der Waals surface area contributed by atoms with Crippen molar-refractivity contribution < 1.29 is 9.84 Å². The summed E-state index contributed by atoms with van der Waals surface area (Å²) in [7, 11) is 0. The molecule has 0 radical (unpaired) electrons. The zero-order valence-electron chi connectivity index (χ0n) is 11.4. The van der Waals surface area contributed by atoms with Gasteiger partial charge in [0.05, 0.1) is 19.8 Å². The zero-order valence-corrected chi connectivity index (χ0v) is 12.1. The highest BCUT2D eigenvalue weighted by atomic mass is 35.5. The number of rotatable bonds is 5. The number of hydrogen-bond acceptors (Lipinski definition) is 3. The average Bonchev–Trinajstić information content (AvgIpc) is 2.81. The van der Waals surface area contributed by atoms with Crippen molar-refractivity contribution in [3.05, 3.63) is 34.5 Å². The fraction of sp³-hybridized carbons (Fsp3) is 0.467. The number of halogens is 1. The number of aromatic nitrogens is 1. The van der Waals surface area contributed by atoms with E-state index in [1.54, 1.807) is 0 Å². The van der Waals surface area contributed by atoms with Gasteiger partial charge >= 0.3 is 0 Å². The minimum Gasteiger partial charge on any atom is -0.394 e. The molecule has 1 aliphatic rings. The topological polar surface area (TPSA) is 48.5 Å². The van der Waals surface area contributed by atoms with Crippen molar-refractivity contribution in [1.82, 2.24) is 9.88 Å². The maximum absolute atomic E-state index is 8.69. The summed E-state index contributed by atoms with van der Waals surface area (Å²) in [5.74, 6) is 0. The Labute approximate surface area is 123 Å². The van der Waals surface area contributed by atoms with Crippen LogP contribution in [0.3, 0.4) is 0 Å². The van der Waals surface area contributed by atoms with Gasteiger partial charge in [0, 0.05) is 47.7 Å². The van der Waals surface area contributed by atoms with Gasteiger partial charge < -0.3 is 14.8 Å². The maximum atomic E-state index is 8.69. The lowest BCUT2D eigenvalue weighted by atomic mass is 10.0. The number of benzene rings is 1. The Morgan fingerprint density at radius 3 is 3.10 bits per heavy atom. The Bertz CT molecular complexity index is 597. The van der Waals surface area contributed by atoms with Crippen molar-refractivity contribution in [2.75, 3.05) is 32.9 Å². The molecule has 4 nitrogen and oxygen atoms in total. The van der Waals surface area contributed by atoms with E-state index in [9.17, 15) is 0 Å². The van der Waals surface area contributed by atoms with Crippen LogP contribution in [0.2, 0.25) is 5.02 Å². The molecule has 0 unspecified atom stereocenters. The molecule has 2 heterocycles. The lowest BCUT2D eigenvalue weighted by Crippen LogP contribution is -2.33. The van der Waals surface area contributed by atoms with Gasteiger partial charge in [0.2, 0.25) is 0 Å². The van der Waals surface area contributed by atoms with Crippen molar-refractivity contribution in [3.63, 3.8) is 0 Å². The molecule has 1 aliphatic heterocycles. The Kier molecular flexibility index (Phi) is 4.27. The molecule has 1 aromatic carbocycles. The summed E-state index contributed by atoms with van der Waals surface area (Å²) in [6.07, 6.45) is 1.03. The van der Waals surface area contributed by atoms with E-state index in [1.807, 2.05) is 18.2 Å². The summed E-state index contributed by atoms with van der Waals surface area (Å²) < 4.78 is 5.34. The number of aliphatic hydroxyl groups excluding tert-OH is 1. The second-order valence-electron chi connectivity index (χ2n) is 5.13. The van der Waals surface area contributed by atoms with E-state index in [0.717, 1.165) is 36.6 Å². The first kappa shape index (κ1) is 13.9. The summed E-state index contributed by atoms with van der Waals surface area (Å²) in [4.78, 5) is 5.87. The monoisotopic (exact) mass is 294 g/mol. The molecule has 0 atom stereocenters. The number of fused-ring (bicyclic) bond motifs is 3. The van der Waals surface area contributed by atoms with Gasteiger partial charge in [-0.2, -0.15) is 0 Å². The Hall–Kier alpha value is -1.07. The average molecular weight is 295 g/mol. The molecule has 20 heavy (non-hydrogen) atoms. The minimum atomic E-state index is 0.0884. The van der Waals surface area contributed by atoms with Gasteiger partial charge in [-0.25, -0.2) is 0 Å². The van der Waals surface area contributed by atoms with E-state index < -0.39 is 0 Å². The standard InChI is InChI=1S/C15H19ClN2O2/c16-11-1-2-14-12(9-11)13-10-18(4-3-15(13)17-14)5-7-20-8-6-19/h1-2,9,17,19H,3-8,10H2. The Morgan fingerprint density at radius 2 is 2.25 bits per heavy atom. The second kappa shape index (κ2) is 6.14. The number of nitrogens with zero attached hydrogens (tertiary/aromatic N) is 1. The molecular formula is C15H19ClN2O2. The molecule has 2 N–H and O–H groups in total. The van der Waals surface area contributed by atoms with E-state index in [1.165, 1.54) is 16.6 Å². The number of aromatic amines is 1. The van der Waals surface area contributed by atoms with Crippen LogP contribution in [0.4, 0.5) is 0 Å². The fourth-order valence-corrected chi connectivity index (χ4v) is 2.97. The van der Waals surface area contributed by atoms with Gasteiger partial charge in [-0.3, -0.25) is 4.90 Å². The highest BCUT2D eigenvalue weighted by Crippen LogP contribution is 2.29. The molecule has 1 aromatic heterocycles. The van der Waals surface area contributed by atoms with Crippen molar-refractivity contribution in [2.45, 2.75) is 13.0 Å². The van der Waals surface area contributed by atoms with E-state index in [4.69, 9.17) is 21.4 Å². The van der Waals surface area contributed by atoms with Crippen LogP contribution in [0.1, 0.15) is 11.3 Å². The zero-order chi connectivity index (χ0) is 13.9. The summed E-state index contributed by atoms with van der Waals surface area (Å²) in [5, 5.41) is 10.7. The van der Waals surface area contributed by atoms with Crippen molar-refractivity contribution in [3.8, 4) is 0 Å². The largest absolute Gasteiger partial charge is 0.394 e. The SMILES string of the molecule is OCCOCCN1CCc2[nH]c3ccc(Cl)cc3c2C1. The first-order valence-electron chi connectivity index (χ1n) is 6.98. The summed E-state index contributed by atoms with van der Waals surface area (Å²) in [5.41, 5.74) is 3.85. The molecule has 108 valence electrons. The number of nitrogens with one attached hydrogen (secondary N) is 1. The first-order valence-corrected chi connectivity index (χ1v) is 7.35. The Morgan fingerprint density at radius 1 is 1.35 bits per heavy atom. The Balaban J connectivity index is 1.73. The van der Waals surface area contributed by atoms with Crippen molar-refractivity contribution >= 4 is 22.5 Å². The number of H-pyrrole nitrogens is 1. The molecule has 0 aliphatic carbocycles. The fourth-order valence-electron chi connectivity index (χ4n) is 2.79. The summed E-state index contributed by atoms with van der Waals surface area (Å²) >= 11 is 6.10. The van der Waals surface area contributed by atoms with Gasteiger partial charge in [-0.05, 0) is 23.8 Å². The predicted molar refractivity (Wildman–Crippen MR) is 80.2 cm³/mol. The number of hydrogen-bond donors (Lipinski definition) is 2. The third-order valence-electron chi connectivity index (χ3n) is 3.80. The molecule has 0 fully saturated rings. The third kappa shape index (κ3) is 2.83.